The zero-order chi connectivity index (χ0) is 16.5. The molecule has 118 valence electrons. The van der Waals surface area contributed by atoms with Crippen LogP contribution in [0.4, 0.5) is 0 Å². The lowest BCUT2D eigenvalue weighted by atomic mass is 10.1. The van der Waals surface area contributed by atoms with Gasteiger partial charge in [-0.2, -0.15) is 5.26 Å². The van der Waals surface area contributed by atoms with Gasteiger partial charge in [0, 0.05) is 17.0 Å². The van der Waals surface area contributed by atoms with Crippen LogP contribution in [0, 0.1) is 18.3 Å². The molecule has 1 aliphatic rings. The first-order valence-electron chi connectivity index (χ1n) is 7.27. The highest BCUT2D eigenvalue weighted by atomic mass is 32.1. The van der Waals surface area contributed by atoms with E-state index in [9.17, 15) is 5.26 Å². The van der Waals surface area contributed by atoms with Gasteiger partial charge in [-0.25, -0.2) is 4.98 Å². The van der Waals surface area contributed by atoms with Gasteiger partial charge in [0.2, 0.25) is 6.79 Å². The number of ether oxygens (including phenoxy) is 2. The van der Waals surface area contributed by atoms with Gasteiger partial charge in [-0.3, -0.25) is 0 Å². The number of hydrogen-bond acceptors (Lipinski definition) is 6. The molecule has 24 heavy (non-hydrogen) atoms. The van der Waals surface area contributed by atoms with Crippen LogP contribution in [0.25, 0.3) is 22.9 Å². The van der Waals surface area contributed by atoms with Gasteiger partial charge in [-0.15, -0.1) is 11.3 Å². The Morgan fingerprint density at radius 1 is 1.25 bits per heavy atom. The molecule has 0 aliphatic carbocycles. The fraction of sp³-hybridized carbons (Fsp3) is 0.111. The van der Waals surface area contributed by atoms with Crippen molar-refractivity contribution in [2.75, 3.05) is 6.79 Å². The zero-order valence-electron chi connectivity index (χ0n) is 12.8. The number of rotatable bonds is 3. The molecule has 0 unspecified atom stereocenters. The van der Waals surface area contributed by atoms with Crippen LogP contribution in [0.1, 0.15) is 16.5 Å². The van der Waals surface area contributed by atoms with Crippen molar-refractivity contribution >= 4 is 23.0 Å². The molecule has 6 heteroatoms. The molecule has 0 N–H and O–H groups in total. The van der Waals surface area contributed by atoms with Gasteiger partial charge >= 0.3 is 0 Å². The summed E-state index contributed by atoms with van der Waals surface area (Å²) in [6, 6.07) is 11.6. The molecule has 0 saturated carbocycles. The smallest absolute Gasteiger partial charge is 0.231 e. The van der Waals surface area contributed by atoms with Gasteiger partial charge in [-0.1, -0.05) is 0 Å². The van der Waals surface area contributed by atoms with E-state index in [2.05, 4.69) is 11.1 Å². The Morgan fingerprint density at radius 2 is 2.12 bits per heavy atom. The molecule has 3 aromatic rings. The molecule has 0 fully saturated rings. The minimum absolute atomic E-state index is 0.241. The maximum absolute atomic E-state index is 9.42. The fourth-order valence-electron chi connectivity index (χ4n) is 2.40. The summed E-state index contributed by atoms with van der Waals surface area (Å²) < 4.78 is 16.2. The molecule has 5 nitrogen and oxygen atoms in total. The average molecular weight is 336 g/mol. The summed E-state index contributed by atoms with van der Waals surface area (Å²) in [6.45, 7) is 2.11. The van der Waals surface area contributed by atoms with Crippen molar-refractivity contribution in [3.8, 4) is 28.8 Å². The molecule has 0 saturated heterocycles. The predicted octanol–water partition coefficient (Wildman–Crippen LogP) is 4.50. The number of nitrogens with zero attached hydrogens (tertiary/aromatic N) is 2. The summed E-state index contributed by atoms with van der Waals surface area (Å²) in [4.78, 5) is 4.57. The third-order valence-corrected chi connectivity index (χ3v) is 4.45. The van der Waals surface area contributed by atoms with Gasteiger partial charge in [-0.05, 0) is 37.3 Å². The van der Waals surface area contributed by atoms with E-state index in [1.165, 1.54) is 11.3 Å². The number of benzene rings is 1. The number of furan rings is 1. The van der Waals surface area contributed by atoms with Crippen LogP contribution in [0.3, 0.4) is 0 Å². The van der Waals surface area contributed by atoms with E-state index in [0.717, 1.165) is 22.8 Å². The number of fused-ring (bicyclic) bond motifs is 1. The van der Waals surface area contributed by atoms with Gasteiger partial charge in [0.1, 0.15) is 22.6 Å². The minimum atomic E-state index is 0.241. The number of nitriles is 1. The number of aromatic nitrogens is 1. The zero-order valence-corrected chi connectivity index (χ0v) is 13.6. The number of allylic oxidation sites excluding steroid dienone is 1. The molecule has 2 aromatic heterocycles. The second kappa shape index (κ2) is 5.87. The van der Waals surface area contributed by atoms with E-state index in [4.69, 9.17) is 13.9 Å². The minimum Gasteiger partial charge on any atom is -0.462 e. The molecular weight excluding hydrogens is 324 g/mol. The van der Waals surface area contributed by atoms with Crippen LogP contribution >= 0.6 is 11.3 Å². The van der Waals surface area contributed by atoms with Crippen LogP contribution in [-0.2, 0) is 0 Å². The van der Waals surface area contributed by atoms with Gasteiger partial charge in [0.15, 0.2) is 11.5 Å². The highest BCUT2D eigenvalue weighted by molar-refractivity contribution is 7.11. The van der Waals surface area contributed by atoms with Crippen molar-refractivity contribution in [2.45, 2.75) is 6.92 Å². The monoisotopic (exact) mass is 336 g/mol. The Labute approximate surface area is 142 Å². The van der Waals surface area contributed by atoms with Crippen LogP contribution in [-0.4, -0.2) is 11.8 Å². The van der Waals surface area contributed by atoms with Crippen LogP contribution in [0.5, 0.6) is 11.5 Å². The third-order valence-electron chi connectivity index (χ3n) is 3.57. The summed E-state index contributed by atoms with van der Waals surface area (Å²) in [5.74, 6) is 2.90. The van der Waals surface area contributed by atoms with Crippen molar-refractivity contribution < 1.29 is 13.9 Å². The maximum Gasteiger partial charge on any atom is 0.231 e. The Morgan fingerprint density at radius 3 is 2.92 bits per heavy atom. The first-order chi connectivity index (χ1) is 11.7. The second-order valence-electron chi connectivity index (χ2n) is 5.22. The maximum atomic E-state index is 9.42. The third kappa shape index (κ3) is 2.66. The Balaban J connectivity index is 1.66. The van der Waals surface area contributed by atoms with E-state index < -0.39 is 0 Å². The van der Waals surface area contributed by atoms with E-state index in [-0.39, 0.29) is 6.79 Å². The summed E-state index contributed by atoms with van der Waals surface area (Å²) in [5, 5.41) is 12.0. The van der Waals surface area contributed by atoms with E-state index in [1.54, 1.807) is 6.08 Å². The van der Waals surface area contributed by atoms with E-state index in [0.29, 0.717) is 22.1 Å². The molecule has 0 spiro atoms. The summed E-state index contributed by atoms with van der Waals surface area (Å²) in [5.41, 5.74) is 2.19. The highest BCUT2D eigenvalue weighted by Crippen LogP contribution is 2.36. The first-order valence-corrected chi connectivity index (χ1v) is 8.15. The Hall–Kier alpha value is -3.04. The van der Waals surface area contributed by atoms with Crippen LogP contribution in [0.15, 0.2) is 40.1 Å². The largest absolute Gasteiger partial charge is 0.462 e. The predicted molar refractivity (Wildman–Crippen MR) is 90.6 cm³/mol. The van der Waals surface area contributed by atoms with Crippen molar-refractivity contribution in [2.24, 2.45) is 0 Å². The average Bonchev–Trinajstić information content (AvgIpc) is 3.32. The summed E-state index contributed by atoms with van der Waals surface area (Å²) in [7, 11) is 0. The van der Waals surface area contributed by atoms with E-state index >= 15 is 0 Å². The van der Waals surface area contributed by atoms with Crippen LogP contribution < -0.4 is 9.47 Å². The molecule has 0 bridgehead atoms. The first kappa shape index (κ1) is 14.5. The van der Waals surface area contributed by atoms with Gasteiger partial charge in [0.25, 0.3) is 0 Å². The normalized spacial score (nSPS) is 13.1. The van der Waals surface area contributed by atoms with Crippen molar-refractivity contribution in [1.82, 2.24) is 4.98 Å². The number of aryl methyl sites for hydroxylation is 1. The standard InChI is InChI=1S/C18H12N2O3S/c1-11-2-4-14(23-11)6-13(8-19)18-20-15(9-24-18)12-3-5-16-17(7-12)22-10-21-16/h2-7,9H,10H2,1H3. The Bertz CT molecular complexity index is 978. The molecule has 0 radical (unpaired) electrons. The molecule has 0 amide bonds. The van der Waals surface area contributed by atoms with Crippen LogP contribution in [0.2, 0.25) is 0 Å². The molecular formula is C18H12N2O3S. The number of thiazole rings is 1. The van der Waals surface area contributed by atoms with Crippen molar-refractivity contribution in [3.05, 3.63) is 52.2 Å². The lowest BCUT2D eigenvalue weighted by molar-refractivity contribution is 0.174. The molecule has 1 aromatic carbocycles. The Kier molecular flexibility index (Phi) is 3.56. The van der Waals surface area contributed by atoms with Crippen molar-refractivity contribution in [3.63, 3.8) is 0 Å². The van der Waals surface area contributed by atoms with E-state index in [1.807, 2.05) is 42.6 Å². The topological polar surface area (TPSA) is 68.3 Å². The fourth-order valence-corrected chi connectivity index (χ4v) is 3.20. The SMILES string of the molecule is Cc1ccc(C=C(C#N)c2nc(-c3ccc4c(c3)OCO4)cs2)o1. The lowest BCUT2D eigenvalue weighted by Gasteiger charge is -1.99. The molecule has 0 atom stereocenters. The summed E-state index contributed by atoms with van der Waals surface area (Å²) in [6.07, 6.45) is 1.70. The molecule has 4 rings (SSSR count). The molecule has 3 heterocycles. The van der Waals surface area contributed by atoms with Gasteiger partial charge in [0.05, 0.1) is 11.3 Å². The highest BCUT2D eigenvalue weighted by Gasteiger charge is 2.16. The lowest BCUT2D eigenvalue weighted by Crippen LogP contribution is -1.92. The van der Waals surface area contributed by atoms with Gasteiger partial charge < -0.3 is 13.9 Å². The number of hydrogen-bond donors (Lipinski definition) is 0. The second-order valence-corrected chi connectivity index (χ2v) is 6.08. The molecule has 1 aliphatic heterocycles. The quantitative estimate of drug-likeness (QED) is 0.659. The van der Waals surface area contributed by atoms with Crippen molar-refractivity contribution in [1.29, 1.82) is 5.26 Å². The summed E-state index contributed by atoms with van der Waals surface area (Å²) >= 11 is 1.42.